The summed E-state index contributed by atoms with van der Waals surface area (Å²) < 4.78 is 10.7. The van der Waals surface area contributed by atoms with E-state index in [2.05, 4.69) is 0 Å². The number of methoxy groups -OCH3 is 1. The van der Waals surface area contributed by atoms with Crippen molar-refractivity contribution >= 4 is 5.78 Å². The number of hydrogen-bond acceptors (Lipinski definition) is 4. The summed E-state index contributed by atoms with van der Waals surface area (Å²) in [4.78, 5) is 12.1. The summed E-state index contributed by atoms with van der Waals surface area (Å²) in [5, 5.41) is 9.66. The summed E-state index contributed by atoms with van der Waals surface area (Å²) in [6.07, 6.45) is 1.03. The fourth-order valence-electron chi connectivity index (χ4n) is 2.26. The molecule has 4 heteroatoms. The zero-order valence-corrected chi connectivity index (χ0v) is 12.8. The van der Waals surface area contributed by atoms with Gasteiger partial charge in [-0.25, -0.2) is 0 Å². The molecule has 1 N–H and O–H groups in total. The summed E-state index contributed by atoms with van der Waals surface area (Å²) >= 11 is 0. The van der Waals surface area contributed by atoms with Crippen molar-refractivity contribution in [3.05, 3.63) is 53.6 Å². The molecule has 0 fully saturated rings. The highest BCUT2D eigenvalue weighted by Crippen LogP contribution is 2.35. The van der Waals surface area contributed by atoms with Crippen LogP contribution in [0.15, 0.2) is 42.5 Å². The molecule has 0 atom stereocenters. The zero-order chi connectivity index (χ0) is 15.9. The molecule has 0 amide bonds. The fourth-order valence-corrected chi connectivity index (χ4v) is 2.26. The largest absolute Gasteiger partial charge is 0.504 e. The van der Waals surface area contributed by atoms with Gasteiger partial charge in [-0.2, -0.15) is 0 Å². The Kier molecular flexibility index (Phi) is 5.42. The standard InChI is InChI=1S/C18H20O4/c1-13-7-3-4-8-14(13)15(19)10-6-12-22-17-11-5-9-16(20)18(17)21-2/h3-5,7-9,11,20H,6,10,12H2,1-2H3. The van der Waals surface area contributed by atoms with Crippen LogP contribution >= 0.6 is 0 Å². The second-order valence-corrected chi connectivity index (χ2v) is 5.00. The smallest absolute Gasteiger partial charge is 0.203 e. The minimum absolute atomic E-state index is 0.0380. The van der Waals surface area contributed by atoms with Gasteiger partial charge in [0.2, 0.25) is 5.75 Å². The predicted molar refractivity (Wildman–Crippen MR) is 84.9 cm³/mol. The molecule has 4 nitrogen and oxygen atoms in total. The molecule has 0 saturated heterocycles. The van der Waals surface area contributed by atoms with Crippen molar-refractivity contribution in [1.82, 2.24) is 0 Å². The maximum atomic E-state index is 12.1. The van der Waals surface area contributed by atoms with Gasteiger partial charge in [0.25, 0.3) is 0 Å². The summed E-state index contributed by atoms with van der Waals surface area (Å²) in [6.45, 7) is 2.32. The summed E-state index contributed by atoms with van der Waals surface area (Å²) in [7, 11) is 1.48. The molecule has 0 heterocycles. The van der Waals surface area contributed by atoms with Crippen molar-refractivity contribution in [1.29, 1.82) is 0 Å². The van der Waals surface area contributed by atoms with Gasteiger partial charge in [0, 0.05) is 12.0 Å². The highest BCUT2D eigenvalue weighted by molar-refractivity contribution is 5.97. The number of carbonyl (C=O) groups is 1. The van der Waals surface area contributed by atoms with Crippen molar-refractivity contribution in [3.8, 4) is 17.2 Å². The Labute approximate surface area is 130 Å². The van der Waals surface area contributed by atoms with Gasteiger partial charge in [0.05, 0.1) is 13.7 Å². The molecule has 0 saturated carbocycles. The van der Waals surface area contributed by atoms with Crippen LogP contribution in [-0.2, 0) is 0 Å². The third-order valence-corrected chi connectivity index (χ3v) is 3.41. The van der Waals surface area contributed by atoms with Crippen LogP contribution in [-0.4, -0.2) is 24.6 Å². The maximum Gasteiger partial charge on any atom is 0.203 e. The molecular weight excluding hydrogens is 280 g/mol. The van der Waals surface area contributed by atoms with E-state index in [1.165, 1.54) is 13.2 Å². The molecule has 116 valence electrons. The number of aromatic hydroxyl groups is 1. The van der Waals surface area contributed by atoms with Gasteiger partial charge in [0.1, 0.15) is 0 Å². The van der Waals surface area contributed by atoms with E-state index in [-0.39, 0.29) is 11.5 Å². The lowest BCUT2D eigenvalue weighted by Gasteiger charge is -2.11. The van der Waals surface area contributed by atoms with Crippen molar-refractivity contribution in [2.24, 2.45) is 0 Å². The third kappa shape index (κ3) is 3.79. The number of phenolic OH excluding ortho intramolecular Hbond substituents is 1. The quantitative estimate of drug-likeness (QED) is 0.625. The van der Waals surface area contributed by atoms with Gasteiger partial charge in [-0.1, -0.05) is 30.3 Å². The first kappa shape index (κ1) is 15.9. The van der Waals surface area contributed by atoms with E-state index >= 15 is 0 Å². The van der Waals surface area contributed by atoms with Crippen molar-refractivity contribution in [2.75, 3.05) is 13.7 Å². The Balaban J connectivity index is 1.87. The average molecular weight is 300 g/mol. The number of ketones is 1. The number of rotatable bonds is 7. The van der Waals surface area contributed by atoms with Crippen LogP contribution < -0.4 is 9.47 Å². The van der Waals surface area contributed by atoms with Crippen molar-refractivity contribution < 1.29 is 19.4 Å². The van der Waals surface area contributed by atoms with E-state index in [1.54, 1.807) is 12.1 Å². The number of hydrogen-bond donors (Lipinski definition) is 1. The van der Waals surface area contributed by atoms with E-state index in [0.717, 1.165) is 11.1 Å². The van der Waals surface area contributed by atoms with Crippen LogP contribution in [0.5, 0.6) is 17.2 Å². The lowest BCUT2D eigenvalue weighted by molar-refractivity contribution is 0.0972. The van der Waals surface area contributed by atoms with Gasteiger partial charge >= 0.3 is 0 Å². The number of phenols is 1. The molecule has 2 aromatic rings. The minimum Gasteiger partial charge on any atom is -0.504 e. The topological polar surface area (TPSA) is 55.8 Å². The van der Waals surface area contributed by atoms with Crippen LogP contribution in [0, 0.1) is 6.92 Å². The number of benzene rings is 2. The molecule has 0 aromatic heterocycles. The molecule has 22 heavy (non-hydrogen) atoms. The van der Waals surface area contributed by atoms with Crippen LogP contribution in [0.2, 0.25) is 0 Å². The van der Waals surface area contributed by atoms with Crippen molar-refractivity contribution in [2.45, 2.75) is 19.8 Å². The van der Waals surface area contributed by atoms with E-state index < -0.39 is 0 Å². The lowest BCUT2D eigenvalue weighted by atomic mass is 10.0. The number of aryl methyl sites for hydroxylation is 1. The summed E-state index contributed by atoms with van der Waals surface area (Å²) in [6, 6.07) is 12.5. The fraction of sp³-hybridized carbons (Fsp3) is 0.278. The van der Waals surface area contributed by atoms with E-state index in [4.69, 9.17) is 9.47 Å². The molecule has 0 bridgehead atoms. The first-order valence-electron chi connectivity index (χ1n) is 7.21. The number of ether oxygens (including phenoxy) is 2. The molecule has 0 aliphatic rings. The Morgan fingerprint density at radius 3 is 2.64 bits per heavy atom. The molecule has 2 rings (SSSR count). The minimum atomic E-state index is 0.0380. The van der Waals surface area contributed by atoms with E-state index in [0.29, 0.717) is 30.9 Å². The van der Waals surface area contributed by atoms with Gasteiger partial charge in [-0.05, 0) is 31.0 Å². The average Bonchev–Trinajstić information content (AvgIpc) is 2.52. The van der Waals surface area contributed by atoms with Gasteiger partial charge in [-0.15, -0.1) is 0 Å². The first-order chi connectivity index (χ1) is 10.6. The number of carbonyl (C=O) groups excluding carboxylic acids is 1. The monoisotopic (exact) mass is 300 g/mol. The Hall–Kier alpha value is -2.49. The van der Waals surface area contributed by atoms with Gasteiger partial charge in [0.15, 0.2) is 17.3 Å². The second kappa shape index (κ2) is 7.50. The Morgan fingerprint density at radius 2 is 1.91 bits per heavy atom. The molecule has 0 aliphatic carbocycles. The van der Waals surface area contributed by atoms with Crippen molar-refractivity contribution in [3.63, 3.8) is 0 Å². The van der Waals surface area contributed by atoms with Crippen LogP contribution in [0.4, 0.5) is 0 Å². The Morgan fingerprint density at radius 1 is 1.14 bits per heavy atom. The SMILES string of the molecule is COc1c(O)cccc1OCCCC(=O)c1ccccc1C. The molecule has 2 aromatic carbocycles. The summed E-state index contributed by atoms with van der Waals surface area (Å²) in [5.41, 5.74) is 1.75. The second-order valence-electron chi connectivity index (χ2n) is 5.00. The number of para-hydroxylation sites is 1. The van der Waals surface area contributed by atoms with Gasteiger partial charge < -0.3 is 14.6 Å². The van der Waals surface area contributed by atoms with Crippen LogP contribution in [0.1, 0.15) is 28.8 Å². The predicted octanol–water partition coefficient (Wildman–Crippen LogP) is 3.75. The van der Waals surface area contributed by atoms with E-state index in [9.17, 15) is 9.90 Å². The highest BCUT2D eigenvalue weighted by atomic mass is 16.5. The van der Waals surface area contributed by atoms with Gasteiger partial charge in [-0.3, -0.25) is 4.79 Å². The lowest BCUT2D eigenvalue weighted by Crippen LogP contribution is -2.05. The molecule has 0 radical (unpaired) electrons. The van der Waals surface area contributed by atoms with Crippen LogP contribution in [0.25, 0.3) is 0 Å². The number of Topliss-reactive ketones (excluding diaryl/α,β-unsaturated/α-hetero) is 1. The van der Waals surface area contributed by atoms with E-state index in [1.807, 2.05) is 31.2 Å². The molecule has 0 spiro atoms. The maximum absolute atomic E-state index is 12.1. The summed E-state index contributed by atoms with van der Waals surface area (Å²) in [5.74, 6) is 0.944. The molecule has 0 unspecified atom stereocenters. The normalized spacial score (nSPS) is 10.3. The van der Waals surface area contributed by atoms with Crippen LogP contribution in [0.3, 0.4) is 0 Å². The Bertz CT molecular complexity index is 649. The molecular formula is C18H20O4. The highest BCUT2D eigenvalue weighted by Gasteiger charge is 2.10. The third-order valence-electron chi connectivity index (χ3n) is 3.41. The molecule has 0 aliphatic heterocycles. The first-order valence-corrected chi connectivity index (χ1v) is 7.21. The zero-order valence-electron chi connectivity index (χ0n) is 12.8.